The van der Waals surface area contributed by atoms with E-state index in [1.807, 2.05) is 0 Å². The first-order valence-electron chi connectivity index (χ1n) is 4.70. The van der Waals surface area contributed by atoms with Crippen molar-refractivity contribution in [3.63, 3.8) is 0 Å². The van der Waals surface area contributed by atoms with Crippen LogP contribution in [0.25, 0.3) is 0 Å². The first-order valence-corrected chi connectivity index (χ1v) is 6.98. The number of nitrogens with two attached hydrogens (primary N) is 1. The third-order valence-corrected chi connectivity index (χ3v) is 3.65. The van der Waals surface area contributed by atoms with Gasteiger partial charge in [-0.1, -0.05) is 4.89 Å². The highest BCUT2D eigenvalue weighted by Crippen LogP contribution is 2.28. The molecular weight excluding hydrogens is 365 g/mol. The molecule has 0 radical (unpaired) electrons. The van der Waals surface area contributed by atoms with Crippen LogP contribution in [0.15, 0.2) is 21.5 Å². The maximum absolute atomic E-state index is 13.7. The normalized spacial score (nSPS) is 11.3. The SMILES string of the molecule is NC(=O)CONS(=O)(=O)c1cc([N+](=O)[O-])cc(Br)c1F. The maximum atomic E-state index is 13.7. The van der Waals surface area contributed by atoms with Crippen molar-refractivity contribution < 1.29 is 27.4 Å². The van der Waals surface area contributed by atoms with E-state index in [2.05, 4.69) is 20.8 Å². The Balaban J connectivity index is 3.17. The Morgan fingerprint density at radius 1 is 1.55 bits per heavy atom. The highest BCUT2D eigenvalue weighted by atomic mass is 79.9. The van der Waals surface area contributed by atoms with Crippen LogP contribution in [0.4, 0.5) is 10.1 Å². The van der Waals surface area contributed by atoms with Gasteiger partial charge >= 0.3 is 0 Å². The van der Waals surface area contributed by atoms with Gasteiger partial charge in [0.25, 0.3) is 15.7 Å². The molecule has 0 heterocycles. The van der Waals surface area contributed by atoms with Crippen LogP contribution in [0.5, 0.6) is 0 Å². The molecule has 1 aromatic carbocycles. The highest BCUT2D eigenvalue weighted by molar-refractivity contribution is 9.10. The lowest BCUT2D eigenvalue weighted by atomic mass is 10.3. The van der Waals surface area contributed by atoms with Crippen LogP contribution < -0.4 is 10.6 Å². The molecule has 3 N–H and O–H groups in total. The standard InChI is InChI=1S/C8H7BrFN3O6S/c9-5-1-4(13(15)16)2-6(8(5)10)20(17,18)12-19-3-7(11)14/h1-2,12H,3H2,(H2,11,14). The molecule has 1 rings (SSSR count). The van der Waals surface area contributed by atoms with E-state index >= 15 is 0 Å². The van der Waals surface area contributed by atoms with E-state index in [1.165, 1.54) is 4.89 Å². The van der Waals surface area contributed by atoms with Crippen LogP contribution in [0.1, 0.15) is 0 Å². The summed E-state index contributed by atoms with van der Waals surface area (Å²) in [6, 6.07) is 1.31. The van der Waals surface area contributed by atoms with Gasteiger partial charge in [0.2, 0.25) is 5.91 Å². The summed E-state index contributed by atoms with van der Waals surface area (Å²) in [6.07, 6.45) is 0. The number of benzene rings is 1. The molecule has 20 heavy (non-hydrogen) atoms. The fourth-order valence-corrected chi connectivity index (χ4v) is 2.58. The fraction of sp³-hybridized carbons (Fsp3) is 0.125. The van der Waals surface area contributed by atoms with Gasteiger partial charge in [-0.25, -0.2) is 12.8 Å². The molecule has 12 heteroatoms. The van der Waals surface area contributed by atoms with Crippen molar-refractivity contribution in [2.75, 3.05) is 6.61 Å². The summed E-state index contributed by atoms with van der Waals surface area (Å²) in [7, 11) is -4.55. The number of hydrogen-bond donors (Lipinski definition) is 2. The number of nitrogens with one attached hydrogen (secondary N) is 1. The van der Waals surface area contributed by atoms with E-state index in [1.54, 1.807) is 0 Å². The van der Waals surface area contributed by atoms with Crippen LogP contribution in [-0.4, -0.2) is 25.9 Å². The van der Waals surface area contributed by atoms with Crippen LogP contribution in [-0.2, 0) is 19.7 Å². The minimum absolute atomic E-state index is 0.415. The van der Waals surface area contributed by atoms with Gasteiger partial charge in [-0.3, -0.25) is 19.7 Å². The van der Waals surface area contributed by atoms with Crippen molar-refractivity contribution in [3.05, 3.63) is 32.5 Å². The first-order chi connectivity index (χ1) is 9.15. The predicted octanol–water partition coefficient (Wildman–Crippen LogP) is 0.192. The average molecular weight is 372 g/mol. The van der Waals surface area contributed by atoms with Gasteiger partial charge < -0.3 is 5.73 Å². The number of sulfonamides is 1. The third-order valence-electron chi connectivity index (χ3n) is 1.86. The zero-order chi connectivity index (χ0) is 15.5. The summed E-state index contributed by atoms with van der Waals surface area (Å²) in [5.41, 5.74) is 4.06. The summed E-state index contributed by atoms with van der Waals surface area (Å²) < 4.78 is 36.7. The number of nitro benzene ring substituents is 1. The number of primary amides is 1. The summed E-state index contributed by atoms with van der Waals surface area (Å²) >= 11 is 2.66. The molecular formula is C8H7BrFN3O6S. The molecule has 0 unspecified atom stereocenters. The number of rotatable bonds is 6. The van der Waals surface area contributed by atoms with Gasteiger partial charge in [-0.15, -0.1) is 0 Å². The lowest BCUT2D eigenvalue weighted by Crippen LogP contribution is -2.30. The number of hydrogen-bond acceptors (Lipinski definition) is 6. The molecule has 0 aliphatic rings. The Bertz CT molecular complexity index is 664. The van der Waals surface area contributed by atoms with Crippen molar-refractivity contribution in [3.8, 4) is 0 Å². The number of carbonyl (C=O) groups excluding carboxylic acids is 1. The largest absolute Gasteiger partial charge is 0.368 e. The van der Waals surface area contributed by atoms with Crippen LogP contribution in [0, 0.1) is 15.9 Å². The minimum atomic E-state index is -4.55. The Hall–Kier alpha value is -1.63. The number of nitro groups is 1. The minimum Gasteiger partial charge on any atom is -0.368 e. The van der Waals surface area contributed by atoms with Gasteiger partial charge in [-0.05, 0) is 15.9 Å². The molecule has 0 saturated carbocycles. The summed E-state index contributed by atoms with van der Waals surface area (Å²) in [4.78, 5) is 24.7. The second-order valence-corrected chi connectivity index (χ2v) is 5.81. The first kappa shape index (κ1) is 16.4. The van der Waals surface area contributed by atoms with Crippen molar-refractivity contribution in [1.29, 1.82) is 0 Å². The number of amides is 1. The van der Waals surface area contributed by atoms with Gasteiger partial charge in [0.1, 0.15) is 11.5 Å². The number of halogens is 2. The molecule has 0 fully saturated rings. The molecule has 0 saturated heterocycles. The van der Waals surface area contributed by atoms with Gasteiger partial charge in [0.15, 0.2) is 5.82 Å². The number of nitrogens with zero attached hydrogens (tertiary/aromatic N) is 1. The number of non-ortho nitro benzene ring substituents is 1. The molecule has 1 amide bonds. The van der Waals surface area contributed by atoms with Crippen molar-refractivity contribution in [2.24, 2.45) is 5.73 Å². The molecule has 9 nitrogen and oxygen atoms in total. The fourth-order valence-electron chi connectivity index (χ4n) is 1.07. The molecule has 1 aromatic rings. The summed E-state index contributed by atoms with van der Waals surface area (Å²) in [6.45, 7) is -0.781. The molecule has 0 aliphatic carbocycles. The van der Waals surface area contributed by atoms with Gasteiger partial charge in [0.05, 0.1) is 9.40 Å². The van der Waals surface area contributed by atoms with E-state index in [0.29, 0.717) is 6.07 Å². The average Bonchev–Trinajstić information content (AvgIpc) is 2.31. The predicted molar refractivity (Wildman–Crippen MR) is 66.2 cm³/mol. The monoisotopic (exact) mass is 371 g/mol. The zero-order valence-corrected chi connectivity index (χ0v) is 11.9. The summed E-state index contributed by atoms with van der Waals surface area (Å²) in [5, 5.41) is 10.6. The molecule has 0 bridgehead atoms. The Morgan fingerprint density at radius 3 is 2.65 bits per heavy atom. The van der Waals surface area contributed by atoms with Crippen molar-refractivity contribution in [2.45, 2.75) is 4.90 Å². The number of carbonyl (C=O) groups is 1. The van der Waals surface area contributed by atoms with E-state index in [-0.39, 0.29) is 0 Å². The Morgan fingerprint density at radius 2 is 2.15 bits per heavy atom. The molecule has 0 spiro atoms. The highest BCUT2D eigenvalue weighted by Gasteiger charge is 2.25. The van der Waals surface area contributed by atoms with Gasteiger partial charge in [-0.2, -0.15) is 0 Å². The summed E-state index contributed by atoms with van der Waals surface area (Å²) in [5.74, 6) is -2.21. The maximum Gasteiger partial charge on any atom is 0.272 e. The molecule has 0 aromatic heterocycles. The molecule has 110 valence electrons. The van der Waals surface area contributed by atoms with Crippen molar-refractivity contribution >= 4 is 37.5 Å². The van der Waals surface area contributed by atoms with Crippen LogP contribution >= 0.6 is 15.9 Å². The van der Waals surface area contributed by atoms with E-state index < -0.39 is 48.3 Å². The Labute approximate surface area is 120 Å². The topological polar surface area (TPSA) is 142 Å². The van der Waals surface area contributed by atoms with Crippen molar-refractivity contribution in [1.82, 2.24) is 4.89 Å². The van der Waals surface area contributed by atoms with E-state index in [4.69, 9.17) is 5.73 Å². The third kappa shape index (κ3) is 3.93. The lowest BCUT2D eigenvalue weighted by molar-refractivity contribution is -0.385. The quantitative estimate of drug-likeness (QED) is 0.539. The van der Waals surface area contributed by atoms with E-state index in [9.17, 15) is 27.7 Å². The lowest BCUT2D eigenvalue weighted by Gasteiger charge is -2.07. The second-order valence-electron chi connectivity index (χ2n) is 3.34. The zero-order valence-electron chi connectivity index (χ0n) is 9.50. The second kappa shape index (κ2) is 6.21. The smallest absolute Gasteiger partial charge is 0.272 e. The molecule has 0 aliphatic heterocycles. The van der Waals surface area contributed by atoms with Crippen LogP contribution in [0.3, 0.4) is 0 Å². The van der Waals surface area contributed by atoms with Crippen LogP contribution in [0.2, 0.25) is 0 Å². The van der Waals surface area contributed by atoms with E-state index in [0.717, 1.165) is 6.07 Å². The Kier molecular flexibility index (Phi) is 5.10. The van der Waals surface area contributed by atoms with Gasteiger partial charge in [0, 0.05) is 12.1 Å². The molecule has 0 atom stereocenters.